The predicted octanol–water partition coefficient (Wildman–Crippen LogP) is 19.3. The van der Waals surface area contributed by atoms with Crippen LogP contribution in [0.3, 0.4) is 0 Å². The van der Waals surface area contributed by atoms with Crippen LogP contribution in [0.4, 0.5) is 0 Å². The summed E-state index contributed by atoms with van der Waals surface area (Å²) in [6.07, 6.45) is 22.9. The van der Waals surface area contributed by atoms with E-state index < -0.39 is 20.0 Å². The van der Waals surface area contributed by atoms with Gasteiger partial charge in [-0.25, -0.2) is 0 Å². The molecule has 0 nitrogen and oxygen atoms in total. The molecule has 4 aromatic carbocycles. The van der Waals surface area contributed by atoms with Crippen molar-refractivity contribution in [2.24, 2.45) is 11.8 Å². The summed E-state index contributed by atoms with van der Waals surface area (Å²) >= 11 is -3.49. The molecule has 1 aliphatic heterocycles. The Bertz CT molecular complexity index is 2250. The molecule has 3 heteroatoms. The molecule has 3 saturated carbocycles. The largest absolute Gasteiger partial charge is 0.147 e. The third-order valence-electron chi connectivity index (χ3n) is 17.7. The molecule has 0 amide bonds. The molecule has 4 atom stereocenters. The van der Waals surface area contributed by atoms with Gasteiger partial charge in [0.15, 0.2) is 0 Å². The first-order valence-electron chi connectivity index (χ1n) is 25.8. The molecule has 1 heterocycles. The van der Waals surface area contributed by atoms with Crippen molar-refractivity contribution in [1.29, 1.82) is 0 Å². The zero-order valence-electron chi connectivity index (χ0n) is 42.3. The summed E-state index contributed by atoms with van der Waals surface area (Å²) in [7, 11) is 0. The Kier molecular flexibility index (Phi) is 13.4. The van der Waals surface area contributed by atoms with Gasteiger partial charge in [0.1, 0.15) is 0 Å². The van der Waals surface area contributed by atoms with E-state index in [0.29, 0.717) is 7.35 Å². The van der Waals surface area contributed by atoms with E-state index in [9.17, 15) is 0 Å². The van der Waals surface area contributed by atoms with Gasteiger partial charge in [0.2, 0.25) is 0 Å². The summed E-state index contributed by atoms with van der Waals surface area (Å²) in [4.78, 5) is 0. The average Bonchev–Trinajstić information content (AvgIpc) is 3.90. The second-order valence-corrected chi connectivity index (χ2v) is 42.5. The van der Waals surface area contributed by atoms with Crippen molar-refractivity contribution in [2.75, 3.05) is 0 Å². The molecule has 0 N–H and O–H groups in total. The van der Waals surface area contributed by atoms with E-state index in [2.05, 4.69) is 168 Å². The molecule has 5 aliphatic carbocycles. The van der Waals surface area contributed by atoms with Gasteiger partial charge in [-0.3, -0.25) is 0 Å². The quantitative estimate of drug-likeness (QED) is 0.169. The maximum atomic E-state index is 2.88. The minimum Gasteiger partial charge on any atom is -0.147 e. The zero-order chi connectivity index (χ0) is 44.4. The van der Waals surface area contributed by atoms with E-state index in [1.165, 1.54) is 122 Å². The van der Waals surface area contributed by atoms with Gasteiger partial charge < -0.3 is 0 Å². The van der Waals surface area contributed by atoms with Crippen LogP contribution in [-0.4, -0.2) is 0 Å². The van der Waals surface area contributed by atoms with Crippen molar-refractivity contribution >= 4 is 37.0 Å². The van der Waals surface area contributed by atoms with Crippen LogP contribution < -0.4 is 0 Å². The fourth-order valence-corrected chi connectivity index (χ4v) is 49.8. The van der Waals surface area contributed by atoms with Gasteiger partial charge in [-0.1, -0.05) is 0 Å². The molecule has 1 saturated heterocycles. The van der Waals surface area contributed by atoms with Crippen molar-refractivity contribution in [3.8, 4) is 22.3 Å². The monoisotopic (exact) mass is 1080 g/mol. The van der Waals surface area contributed by atoms with Crippen LogP contribution in [0.5, 0.6) is 0 Å². The minimum atomic E-state index is -3.49. The van der Waals surface area contributed by atoms with Gasteiger partial charge in [0.25, 0.3) is 0 Å². The van der Waals surface area contributed by atoms with Gasteiger partial charge in [0.05, 0.1) is 0 Å². The molecule has 10 rings (SSSR count). The van der Waals surface area contributed by atoms with Crippen LogP contribution in [0, 0.1) is 11.8 Å². The number of benzene rings is 4. The van der Waals surface area contributed by atoms with Crippen molar-refractivity contribution in [3.05, 3.63) is 128 Å². The van der Waals surface area contributed by atoms with Crippen LogP contribution in [0.1, 0.15) is 212 Å². The number of rotatable bonds is 6. The van der Waals surface area contributed by atoms with Gasteiger partial charge in [-0.15, -0.1) is 24.8 Å². The topological polar surface area (TPSA) is 0 Å². The first-order chi connectivity index (χ1) is 29.8. The molecular formula is C62H82Cl2Hf. The molecule has 4 unspecified atom stereocenters. The van der Waals surface area contributed by atoms with E-state index >= 15 is 0 Å². The molecule has 6 aliphatic rings. The minimum absolute atomic E-state index is 0. The summed E-state index contributed by atoms with van der Waals surface area (Å²) in [5.74, 6) is 1.51. The molecule has 348 valence electrons. The van der Waals surface area contributed by atoms with Crippen LogP contribution in [0.2, 0.25) is 7.35 Å². The van der Waals surface area contributed by atoms with Gasteiger partial charge in [-0.2, -0.15) is 0 Å². The van der Waals surface area contributed by atoms with Crippen LogP contribution in [-0.2, 0) is 41.6 Å². The Labute approximate surface area is 412 Å². The van der Waals surface area contributed by atoms with Crippen molar-refractivity contribution in [2.45, 2.75) is 196 Å². The Morgan fingerprint density at radius 3 is 1.02 bits per heavy atom. The average molecular weight is 1080 g/mol. The van der Waals surface area contributed by atoms with Crippen molar-refractivity contribution in [3.63, 3.8) is 0 Å². The second kappa shape index (κ2) is 17.6. The fraction of sp³-hybridized carbons (Fsp3) is 0.548. The number of fused-ring (bicyclic) bond motifs is 3. The summed E-state index contributed by atoms with van der Waals surface area (Å²) < 4.78 is 3.43. The number of allylic oxidation sites excluding steroid dienone is 2. The molecule has 4 fully saturated rings. The third kappa shape index (κ3) is 8.55. The van der Waals surface area contributed by atoms with E-state index in [4.69, 9.17) is 0 Å². The summed E-state index contributed by atoms with van der Waals surface area (Å²) in [5.41, 5.74) is 22.7. The van der Waals surface area contributed by atoms with E-state index in [0.717, 1.165) is 19.2 Å². The Morgan fingerprint density at radius 2 is 0.708 bits per heavy atom. The van der Waals surface area contributed by atoms with Gasteiger partial charge in [-0.05, 0) is 0 Å². The van der Waals surface area contributed by atoms with Crippen molar-refractivity contribution < 1.29 is 20.0 Å². The number of halogens is 2. The molecule has 0 radical (unpaired) electrons. The SMILES string of the molecule is CC(C)(C)c1cc(-c2cccc3c2C=C(C2CCCC2)[CH]3[Hf]2([CH]3C(C4CCCC4)=Cc4c(-c5cc(C(C)(C)C)cc(C(C)(C)C)c5)cccc43)[CH]3CCCC[CH]32)cc(C(C)(C)C)c1.Cl.Cl. The zero-order valence-corrected chi connectivity index (χ0v) is 47.6. The normalized spacial score (nSPS) is 25.6. The molecule has 0 bridgehead atoms. The van der Waals surface area contributed by atoms with Crippen LogP contribution >= 0.6 is 24.8 Å². The standard InChI is InChI=1S/2C28H35.C6H10.2ClH.Hf/c2*1-27(2,3)23-15-22(16-24(18-23)28(4,5)6)25-13-9-12-20-14-21(17-26(20)25)19-10-7-8-11-19;1-2-4-6-5-3-1;;;/h2*9,12-19H,7-8,10-11H2,1-6H3;1-2H,3-6H2;2*1H;. The first kappa shape index (κ1) is 49.2. The summed E-state index contributed by atoms with van der Waals surface area (Å²) in [6.45, 7) is 28.8. The molecule has 0 aromatic heterocycles. The van der Waals surface area contributed by atoms with Crippen LogP contribution in [0.25, 0.3) is 34.4 Å². The van der Waals surface area contributed by atoms with Gasteiger partial charge >= 0.3 is 391 Å². The molecule has 4 aromatic rings. The number of hydrogen-bond acceptors (Lipinski definition) is 0. The summed E-state index contributed by atoms with van der Waals surface area (Å²) in [5, 5.41) is 0. The molecular weight excluding hydrogens is 994 g/mol. The third-order valence-corrected chi connectivity index (χ3v) is 42.4. The first-order valence-corrected chi connectivity index (χ1v) is 34.1. The Balaban J connectivity index is 0.00000288. The van der Waals surface area contributed by atoms with Crippen LogP contribution in [0.15, 0.2) is 83.9 Å². The van der Waals surface area contributed by atoms with E-state index in [1.807, 2.05) is 11.1 Å². The van der Waals surface area contributed by atoms with E-state index in [1.54, 1.807) is 22.3 Å². The predicted molar refractivity (Wildman–Crippen MR) is 284 cm³/mol. The summed E-state index contributed by atoms with van der Waals surface area (Å²) in [6, 6.07) is 30.7. The maximum absolute atomic E-state index is 3.49. The smallest absolute Gasteiger partial charge is 0.147 e. The molecule has 0 spiro atoms. The Morgan fingerprint density at radius 1 is 0.400 bits per heavy atom. The maximum Gasteiger partial charge on any atom is -0.147 e. The van der Waals surface area contributed by atoms with Gasteiger partial charge in [0, 0.05) is 0 Å². The fourth-order valence-electron chi connectivity index (χ4n) is 14.2. The Hall–Kier alpha value is -2.19. The van der Waals surface area contributed by atoms with E-state index in [-0.39, 0.29) is 46.5 Å². The van der Waals surface area contributed by atoms with Crippen molar-refractivity contribution in [1.82, 2.24) is 0 Å². The molecule has 65 heavy (non-hydrogen) atoms. The number of hydrogen-bond donors (Lipinski definition) is 0. The second-order valence-electron chi connectivity index (χ2n) is 25.8.